The van der Waals surface area contributed by atoms with Gasteiger partial charge in [-0.3, -0.25) is 4.79 Å². The molecule has 1 aliphatic rings. The normalized spacial score (nSPS) is 14.0. The summed E-state index contributed by atoms with van der Waals surface area (Å²) in [5.74, 6) is 1.96. The van der Waals surface area contributed by atoms with Crippen molar-refractivity contribution >= 4 is 16.8 Å². The molecule has 0 bridgehead atoms. The number of aromatic amines is 1. The third-order valence-corrected chi connectivity index (χ3v) is 5.21. The van der Waals surface area contributed by atoms with Crippen molar-refractivity contribution in [2.24, 2.45) is 0 Å². The molecule has 5 nitrogen and oxygen atoms in total. The molecule has 1 aliphatic carbocycles. The number of amides is 1. The van der Waals surface area contributed by atoms with E-state index in [0.29, 0.717) is 18.9 Å². The number of hydrogen-bond donors (Lipinski definition) is 2. The highest BCUT2D eigenvalue weighted by Crippen LogP contribution is 2.39. The van der Waals surface area contributed by atoms with Gasteiger partial charge in [-0.2, -0.15) is 0 Å². The van der Waals surface area contributed by atoms with Crippen LogP contribution in [-0.2, 0) is 17.8 Å². The number of aryl methyl sites for hydroxylation is 2. The summed E-state index contributed by atoms with van der Waals surface area (Å²) in [6.07, 6.45) is 8.85. The molecule has 1 fully saturated rings. The van der Waals surface area contributed by atoms with Gasteiger partial charge in [0.1, 0.15) is 5.82 Å². The van der Waals surface area contributed by atoms with Gasteiger partial charge in [-0.25, -0.2) is 4.98 Å². The largest absolute Gasteiger partial charge is 0.361 e. The van der Waals surface area contributed by atoms with Gasteiger partial charge in [0.15, 0.2) is 0 Å². The molecule has 136 valence electrons. The Labute approximate surface area is 153 Å². The van der Waals surface area contributed by atoms with E-state index in [4.69, 9.17) is 0 Å². The van der Waals surface area contributed by atoms with Crippen molar-refractivity contribution < 1.29 is 4.79 Å². The molecule has 0 saturated heterocycles. The average Bonchev–Trinajstić information content (AvgIpc) is 3.31. The first kappa shape index (κ1) is 16.9. The lowest BCUT2D eigenvalue weighted by Gasteiger charge is -2.10. The summed E-state index contributed by atoms with van der Waals surface area (Å²) >= 11 is 0. The van der Waals surface area contributed by atoms with Crippen molar-refractivity contribution in [3.8, 4) is 0 Å². The number of H-pyrrole nitrogens is 1. The van der Waals surface area contributed by atoms with Gasteiger partial charge >= 0.3 is 0 Å². The van der Waals surface area contributed by atoms with Gasteiger partial charge in [0.2, 0.25) is 5.91 Å². The van der Waals surface area contributed by atoms with Gasteiger partial charge in [0.25, 0.3) is 0 Å². The Morgan fingerprint density at radius 1 is 1.35 bits per heavy atom. The highest BCUT2D eigenvalue weighted by atomic mass is 16.1. The molecular formula is C21H26N4O. The lowest BCUT2D eigenvalue weighted by Crippen LogP contribution is -2.27. The van der Waals surface area contributed by atoms with E-state index in [9.17, 15) is 4.79 Å². The van der Waals surface area contributed by atoms with E-state index >= 15 is 0 Å². The maximum absolute atomic E-state index is 12.1. The summed E-state index contributed by atoms with van der Waals surface area (Å²) in [7, 11) is 0. The first-order valence-corrected chi connectivity index (χ1v) is 9.56. The van der Waals surface area contributed by atoms with Gasteiger partial charge in [-0.1, -0.05) is 18.2 Å². The van der Waals surface area contributed by atoms with Gasteiger partial charge in [-0.15, -0.1) is 0 Å². The predicted molar refractivity (Wildman–Crippen MR) is 103 cm³/mol. The lowest BCUT2D eigenvalue weighted by molar-refractivity contribution is -0.121. The van der Waals surface area contributed by atoms with Crippen LogP contribution >= 0.6 is 0 Å². The molecule has 2 aromatic heterocycles. The summed E-state index contributed by atoms with van der Waals surface area (Å²) < 4.78 is 2.25. The van der Waals surface area contributed by atoms with Gasteiger partial charge in [0, 0.05) is 54.4 Å². The molecule has 5 heteroatoms. The Hall–Kier alpha value is -2.56. The average molecular weight is 350 g/mol. The number of aromatic nitrogens is 3. The number of benzene rings is 1. The van der Waals surface area contributed by atoms with E-state index in [1.165, 1.54) is 35.3 Å². The maximum Gasteiger partial charge on any atom is 0.220 e. The maximum atomic E-state index is 12.1. The molecule has 4 rings (SSSR count). The number of imidazole rings is 1. The summed E-state index contributed by atoms with van der Waals surface area (Å²) in [6.45, 7) is 3.57. The van der Waals surface area contributed by atoms with E-state index in [0.717, 1.165) is 24.9 Å². The summed E-state index contributed by atoms with van der Waals surface area (Å²) in [5, 5.41) is 4.32. The van der Waals surface area contributed by atoms with Crippen LogP contribution in [0.15, 0.2) is 36.7 Å². The van der Waals surface area contributed by atoms with Crippen LogP contribution < -0.4 is 5.32 Å². The third kappa shape index (κ3) is 3.66. The zero-order valence-electron chi connectivity index (χ0n) is 15.3. The van der Waals surface area contributed by atoms with Crippen LogP contribution in [0.3, 0.4) is 0 Å². The number of rotatable bonds is 8. The molecule has 3 aromatic rings. The van der Waals surface area contributed by atoms with Crippen LogP contribution in [0.2, 0.25) is 0 Å². The van der Waals surface area contributed by atoms with Crippen molar-refractivity contribution in [1.29, 1.82) is 0 Å². The van der Waals surface area contributed by atoms with Crippen LogP contribution in [0.25, 0.3) is 10.9 Å². The standard InChI is InChI=1S/C21H26N4O/c1-15-13-24-21(16-9-10-16)25(15)12-11-22-20(26)8-4-5-17-14-23-19-7-3-2-6-18(17)19/h2-3,6-7,13-14,16,23H,4-5,8-12H2,1H3,(H,22,26). The van der Waals surface area contributed by atoms with Crippen molar-refractivity contribution in [3.63, 3.8) is 0 Å². The second-order valence-electron chi connectivity index (χ2n) is 7.25. The van der Waals surface area contributed by atoms with Crippen LogP contribution in [-0.4, -0.2) is 27.0 Å². The molecule has 26 heavy (non-hydrogen) atoms. The van der Waals surface area contributed by atoms with Crippen molar-refractivity contribution in [3.05, 3.63) is 53.7 Å². The SMILES string of the molecule is Cc1cnc(C2CC2)n1CCNC(=O)CCCc1c[nH]c2ccccc12. The number of para-hydroxylation sites is 1. The predicted octanol–water partition coefficient (Wildman–Crippen LogP) is 3.69. The molecular weight excluding hydrogens is 324 g/mol. The number of carbonyl (C=O) groups excluding carboxylic acids is 1. The van der Waals surface area contributed by atoms with E-state index in [-0.39, 0.29) is 5.91 Å². The van der Waals surface area contributed by atoms with E-state index in [2.05, 4.69) is 51.2 Å². The van der Waals surface area contributed by atoms with Crippen molar-refractivity contribution in [1.82, 2.24) is 19.9 Å². The first-order valence-electron chi connectivity index (χ1n) is 9.56. The molecule has 0 spiro atoms. The van der Waals surface area contributed by atoms with E-state index < -0.39 is 0 Å². The molecule has 0 atom stereocenters. The fraction of sp³-hybridized carbons (Fsp3) is 0.429. The zero-order chi connectivity index (χ0) is 17.9. The molecule has 0 unspecified atom stereocenters. The Kier molecular flexibility index (Phi) is 4.78. The Morgan fingerprint density at radius 2 is 2.19 bits per heavy atom. The summed E-state index contributed by atoms with van der Waals surface area (Å²) in [4.78, 5) is 20.0. The molecule has 2 N–H and O–H groups in total. The molecule has 2 heterocycles. The number of nitrogens with one attached hydrogen (secondary N) is 2. The Balaban J connectivity index is 1.22. The third-order valence-electron chi connectivity index (χ3n) is 5.21. The molecule has 1 amide bonds. The minimum absolute atomic E-state index is 0.135. The van der Waals surface area contributed by atoms with Crippen LogP contribution in [0, 0.1) is 6.92 Å². The van der Waals surface area contributed by atoms with Crippen molar-refractivity contribution in [2.75, 3.05) is 6.54 Å². The highest BCUT2D eigenvalue weighted by molar-refractivity contribution is 5.83. The quantitative estimate of drug-likeness (QED) is 0.651. The summed E-state index contributed by atoms with van der Waals surface area (Å²) in [6, 6.07) is 8.30. The topological polar surface area (TPSA) is 62.7 Å². The molecule has 0 aliphatic heterocycles. The Bertz CT molecular complexity index is 904. The highest BCUT2D eigenvalue weighted by Gasteiger charge is 2.28. The number of nitrogens with zero attached hydrogens (tertiary/aromatic N) is 2. The molecule has 1 saturated carbocycles. The fourth-order valence-electron chi connectivity index (χ4n) is 3.61. The van der Waals surface area contributed by atoms with Crippen molar-refractivity contribution in [2.45, 2.75) is 51.5 Å². The van der Waals surface area contributed by atoms with Gasteiger partial charge in [0.05, 0.1) is 0 Å². The minimum atomic E-state index is 0.135. The van der Waals surface area contributed by atoms with Crippen LogP contribution in [0.5, 0.6) is 0 Å². The first-order chi connectivity index (χ1) is 12.7. The van der Waals surface area contributed by atoms with Crippen LogP contribution in [0.1, 0.15) is 48.7 Å². The fourth-order valence-corrected chi connectivity index (χ4v) is 3.61. The molecule has 0 radical (unpaired) electrons. The summed E-state index contributed by atoms with van der Waals surface area (Å²) in [5.41, 5.74) is 3.63. The number of carbonyl (C=O) groups is 1. The lowest BCUT2D eigenvalue weighted by atomic mass is 10.1. The zero-order valence-corrected chi connectivity index (χ0v) is 15.3. The van der Waals surface area contributed by atoms with E-state index in [1.54, 1.807) is 0 Å². The number of hydrogen-bond acceptors (Lipinski definition) is 2. The Morgan fingerprint density at radius 3 is 3.04 bits per heavy atom. The van der Waals surface area contributed by atoms with Gasteiger partial charge < -0.3 is 14.9 Å². The van der Waals surface area contributed by atoms with Crippen LogP contribution in [0.4, 0.5) is 0 Å². The van der Waals surface area contributed by atoms with E-state index in [1.807, 2.05) is 12.3 Å². The monoisotopic (exact) mass is 350 g/mol. The second kappa shape index (κ2) is 7.36. The smallest absolute Gasteiger partial charge is 0.220 e. The molecule has 1 aromatic carbocycles. The minimum Gasteiger partial charge on any atom is -0.361 e. The van der Waals surface area contributed by atoms with Gasteiger partial charge in [-0.05, 0) is 44.2 Å². The number of fused-ring (bicyclic) bond motifs is 1. The second-order valence-corrected chi connectivity index (χ2v) is 7.25.